The third-order valence-corrected chi connectivity index (χ3v) is 15.2. The molecule has 330 valence electrons. The first-order chi connectivity index (χ1) is 35.3. The molecular formula is C66H41N5. The first-order valence-electron chi connectivity index (χ1n) is 24.4. The van der Waals surface area contributed by atoms with Gasteiger partial charge in [-0.15, -0.1) is 0 Å². The summed E-state index contributed by atoms with van der Waals surface area (Å²) < 4.78 is 12.3. The van der Waals surface area contributed by atoms with Crippen LogP contribution in [0.3, 0.4) is 0 Å². The Hall–Kier alpha value is -9.58. The molecule has 0 aliphatic rings. The normalized spacial score (nSPS) is 12.2. The van der Waals surface area contributed by atoms with Gasteiger partial charge >= 0.3 is 0 Å². The molecule has 5 nitrogen and oxygen atoms in total. The van der Waals surface area contributed by atoms with Gasteiger partial charge < -0.3 is 22.8 Å². The number of rotatable bonds is 5. The van der Waals surface area contributed by atoms with Crippen LogP contribution in [0.2, 0.25) is 0 Å². The highest BCUT2D eigenvalue weighted by atomic mass is 15.1. The van der Waals surface area contributed by atoms with Gasteiger partial charge in [-0.05, 0) is 103 Å². The van der Waals surface area contributed by atoms with Crippen molar-refractivity contribution in [1.82, 2.24) is 22.8 Å². The zero-order chi connectivity index (χ0) is 46.3. The number of hydrogen-bond acceptors (Lipinski definition) is 0. The molecule has 0 spiro atoms. The van der Waals surface area contributed by atoms with E-state index in [0.717, 1.165) is 39.5 Å². The molecule has 0 aliphatic carbocycles. The van der Waals surface area contributed by atoms with E-state index in [2.05, 4.69) is 272 Å². The van der Waals surface area contributed by atoms with Crippen molar-refractivity contribution in [2.75, 3.05) is 0 Å². The molecule has 0 unspecified atom stereocenters. The smallest absolute Gasteiger partial charge is 0.0784 e. The number of hydrogen-bond donors (Lipinski definition) is 0. The fraction of sp³-hybridized carbons (Fsp3) is 0. The zero-order valence-electron chi connectivity index (χ0n) is 38.4. The summed E-state index contributed by atoms with van der Waals surface area (Å²) in [6.45, 7) is 0. The van der Waals surface area contributed by atoms with Crippen molar-refractivity contribution in [2.24, 2.45) is 0 Å². The summed E-state index contributed by atoms with van der Waals surface area (Å²) in [5, 5.41) is 12.3. The van der Waals surface area contributed by atoms with Crippen molar-refractivity contribution in [1.29, 1.82) is 0 Å². The summed E-state index contributed by atoms with van der Waals surface area (Å²) >= 11 is 0. The minimum atomic E-state index is 1.10. The van der Waals surface area contributed by atoms with Gasteiger partial charge in [-0.1, -0.05) is 146 Å². The minimum Gasteiger partial charge on any atom is -0.309 e. The predicted molar refractivity (Wildman–Crippen MR) is 298 cm³/mol. The van der Waals surface area contributed by atoms with E-state index in [0.29, 0.717) is 0 Å². The van der Waals surface area contributed by atoms with Crippen LogP contribution < -0.4 is 0 Å². The summed E-state index contributed by atoms with van der Waals surface area (Å²) in [6, 6.07) is 91.6. The van der Waals surface area contributed by atoms with Crippen molar-refractivity contribution in [3.8, 4) is 28.4 Å². The Morgan fingerprint density at radius 3 is 0.887 bits per heavy atom. The summed E-state index contributed by atoms with van der Waals surface area (Å²) in [5.41, 5.74) is 17.4. The van der Waals surface area contributed by atoms with Gasteiger partial charge in [-0.2, -0.15) is 0 Å². The second kappa shape index (κ2) is 14.5. The van der Waals surface area contributed by atoms with E-state index in [1.54, 1.807) is 0 Å². The van der Waals surface area contributed by atoms with Gasteiger partial charge in [0.25, 0.3) is 0 Å². The Bertz CT molecular complexity index is 4750. The average Bonchev–Trinajstić information content (AvgIpc) is 4.22. The van der Waals surface area contributed by atoms with Gasteiger partial charge in [0.2, 0.25) is 0 Å². The van der Waals surface area contributed by atoms with E-state index in [-0.39, 0.29) is 0 Å². The highest BCUT2D eigenvalue weighted by Gasteiger charge is 2.24. The lowest BCUT2D eigenvalue weighted by molar-refractivity contribution is 1.11. The Balaban J connectivity index is 0.966. The van der Waals surface area contributed by atoms with E-state index in [1.807, 2.05) is 0 Å². The van der Waals surface area contributed by atoms with E-state index >= 15 is 0 Å². The van der Waals surface area contributed by atoms with Gasteiger partial charge in [-0.3, -0.25) is 0 Å². The topological polar surface area (TPSA) is 24.6 Å². The van der Waals surface area contributed by atoms with Crippen molar-refractivity contribution in [3.05, 3.63) is 249 Å². The maximum Gasteiger partial charge on any atom is 0.0784 e. The van der Waals surface area contributed by atoms with Gasteiger partial charge in [-0.25, -0.2) is 0 Å². The molecular weight excluding hydrogens is 863 g/mol. The molecule has 0 radical (unpaired) electrons. The van der Waals surface area contributed by atoms with E-state index < -0.39 is 0 Å². The molecule has 0 saturated heterocycles. The second-order valence-electron chi connectivity index (χ2n) is 18.9. The van der Waals surface area contributed by atoms with E-state index in [9.17, 15) is 0 Å². The highest BCUT2D eigenvalue weighted by molar-refractivity contribution is 6.20. The molecule has 5 heteroatoms. The van der Waals surface area contributed by atoms with Crippen LogP contribution in [0.4, 0.5) is 0 Å². The quantitative estimate of drug-likeness (QED) is 0.164. The summed E-state index contributed by atoms with van der Waals surface area (Å²) in [5.74, 6) is 0. The molecule has 0 atom stereocenters. The van der Waals surface area contributed by atoms with Crippen molar-refractivity contribution >= 4 is 109 Å². The predicted octanol–water partition coefficient (Wildman–Crippen LogP) is 17.2. The van der Waals surface area contributed by atoms with Crippen molar-refractivity contribution in [2.45, 2.75) is 0 Å². The molecule has 71 heavy (non-hydrogen) atoms. The van der Waals surface area contributed by atoms with Gasteiger partial charge in [0.05, 0.1) is 60.9 Å². The third kappa shape index (κ3) is 5.29. The molecule has 16 aromatic rings. The Morgan fingerprint density at radius 2 is 0.465 bits per heavy atom. The number of nitrogens with zero attached hydrogens (tertiary/aromatic N) is 5. The SMILES string of the molecule is c1ccc(-n2c3ccccc3c3cc4c(cc32)c2ccccc2n4-c2ccc(-n3c4ccccc4c4cc(-n5c6ccccc6c6ccccc65)cc(-n5c6ccccc6c6ccccc65)c43)cc2)cc1. The van der Waals surface area contributed by atoms with Crippen LogP contribution in [-0.2, 0) is 0 Å². The Kier molecular flexibility index (Phi) is 7.82. The molecule has 0 fully saturated rings. The molecule has 5 aromatic heterocycles. The lowest BCUT2D eigenvalue weighted by atomic mass is 10.1. The maximum atomic E-state index is 2.50. The highest BCUT2D eigenvalue weighted by Crippen LogP contribution is 2.44. The average molecular weight is 904 g/mol. The Morgan fingerprint density at radius 1 is 0.169 bits per heavy atom. The number of para-hydroxylation sites is 8. The number of fused-ring (bicyclic) bond motifs is 15. The van der Waals surface area contributed by atoms with Crippen LogP contribution in [0.1, 0.15) is 0 Å². The monoisotopic (exact) mass is 903 g/mol. The van der Waals surface area contributed by atoms with Crippen LogP contribution in [0, 0.1) is 0 Å². The minimum absolute atomic E-state index is 1.10. The molecule has 0 bridgehead atoms. The fourth-order valence-electron chi connectivity index (χ4n) is 12.3. The number of aromatic nitrogens is 5. The first kappa shape index (κ1) is 38.4. The molecule has 0 N–H and O–H groups in total. The van der Waals surface area contributed by atoms with Crippen LogP contribution in [-0.4, -0.2) is 22.8 Å². The molecule has 0 amide bonds. The lowest BCUT2D eigenvalue weighted by Crippen LogP contribution is -2.03. The maximum absolute atomic E-state index is 2.50. The number of benzene rings is 11. The second-order valence-corrected chi connectivity index (χ2v) is 18.9. The van der Waals surface area contributed by atoms with E-state index in [1.165, 1.54) is 98.0 Å². The van der Waals surface area contributed by atoms with Gasteiger partial charge in [0.1, 0.15) is 0 Å². The van der Waals surface area contributed by atoms with Crippen LogP contribution in [0.25, 0.3) is 137 Å². The largest absolute Gasteiger partial charge is 0.309 e. The molecule has 5 heterocycles. The fourth-order valence-corrected chi connectivity index (χ4v) is 12.3. The van der Waals surface area contributed by atoms with Crippen LogP contribution in [0.15, 0.2) is 249 Å². The standard InChI is InChI=1S/C66H41N5/c1-2-18-42(19-3-1)67-58-29-13-8-24-50(58)53-41-64-54(40-63(53)67)51-25-9-14-30-59(51)68(64)43-34-36-44(37-35-43)70-60-31-15-10-26-52(60)55-38-45(69-56-27-11-4-20-46(56)47-21-5-12-28-57(47)69)39-65(66(55)70)71-61-32-16-6-22-48(61)49-23-7-17-33-62(49)71/h1-41H. The molecule has 0 saturated carbocycles. The summed E-state index contributed by atoms with van der Waals surface area (Å²) in [7, 11) is 0. The molecule has 16 rings (SSSR count). The van der Waals surface area contributed by atoms with Crippen molar-refractivity contribution in [3.63, 3.8) is 0 Å². The van der Waals surface area contributed by atoms with Crippen molar-refractivity contribution < 1.29 is 0 Å². The van der Waals surface area contributed by atoms with E-state index in [4.69, 9.17) is 0 Å². The van der Waals surface area contributed by atoms with Crippen LogP contribution in [0.5, 0.6) is 0 Å². The summed E-state index contributed by atoms with van der Waals surface area (Å²) in [6.07, 6.45) is 0. The molecule has 11 aromatic carbocycles. The zero-order valence-corrected chi connectivity index (χ0v) is 38.4. The third-order valence-electron chi connectivity index (χ3n) is 15.2. The van der Waals surface area contributed by atoms with Crippen LogP contribution >= 0.6 is 0 Å². The summed E-state index contributed by atoms with van der Waals surface area (Å²) in [4.78, 5) is 0. The van der Waals surface area contributed by atoms with Gasteiger partial charge in [0, 0.05) is 76.6 Å². The molecule has 0 aliphatic heterocycles. The van der Waals surface area contributed by atoms with Gasteiger partial charge in [0.15, 0.2) is 0 Å². The lowest BCUT2D eigenvalue weighted by Gasteiger charge is -2.17. The Labute approximate surface area is 407 Å². The first-order valence-corrected chi connectivity index (χ1v) is 24.4.